The monoisotopic (exact) mass is 361 g/mol. The fourth-order valence-corrected chi connectivity index (χ4v) is 3.03. The molecule has 2 aromatic rings. The highest BCUT2D eigenvalue weighted by atomic mass is 32.1. The number of rotatable bonds is 4. The number of hydrogen-bond acceptors (Lipinski definition) is 6. The van der Waals surface area contributed by atoms with Gasteiger partial charge in [-0.1, -0.05) is 11.3 Å². The molecule has 0 spiro atoms. The lowest BCUT2D eigenvalue weighted by Crippen LogP contribution is -2.45. The van der Waals surface area contributed by atoms with Crippen molar-refractivity contribution in [1.82, 2.24) is 10.3 Å². The Morgan fingerprint density at radius 3 is 3.04 bits per heavy atom. The third kappa shape index (κ3) is 4.34. The molecule has 130 valence electrons. The number of hydrogen-bond donors (Lipinski definition) is 2. The topological polar surface area (TPSA) is 72.5 Å². The van der Waals surface area contributed by atoms with Crippen molar-refractivity contribution in [3.8, 4) is 5.75 Å². The van der Waals surface area contributed by atoms with Crippen LogP contribution in [0.25, 0.3) is 10.2 Å². The molecule has 1 aliphatic rings. The minimum atomic E-state index is -4.39. The molecule has 0 radical (unpaired) electrons. The number of halogens is 3. The lowest BCUT2D eigenvalue weighted by atomic mass is 10.3. The lowest BCUT2D eigenvalue weighted by Gasteiger charge is -2.22. The van der Waals surface area contributed by atoms with Gasteiger partial charge < -0.3 is 14.8 Å². The zero-order valence-corrected chi connectivity index (χ0v) is 13.2. The maximum absolute atomic E-state index is 12.2. The van der Waals surface area contributed by atoms with Gasteiger partial charge in [0, 0.05) is 13.1 Å². The maximum Gasteiger partial charge on any atom is 0.422 e. The van der Waals surface area contributed by atoms with Gasteiger partial charge in [-0.2, -0.15) is 13.2 Å². The van der Waals surface area contributed by atoms with E-state index in [9.17, 15) is 18.0 Å². The lowest BCUT2D eigenvalue weighted by molar-refractivity contribution is -0.153. The molecule has 6 nitrogen and oxygen atoms in total. The van der Waals surface area contributed by atoms with Crippen molar-refractivity contribution in [2.75, 3.05) is 31.6 Å². The summed E-state index contributed by atoms with van der Waals surface area (Å²) in [4.78, 5) is 16.3. The number of fused-ring (bicyclic) bond motifs is 1. The fraction of sp³-hybridized carbons (Fsp3) is 0.429. The molecule has 0 saturated carbocycles. The second kappa shape index (κ2) is 6.91. The van der Waals surface area contributed by atoms with Crippen LogP contribution in [0.15, 0.2) is 18.2 Å². The first-order valence-electron chi connectivity index (χ1n) is 7.14. The highest BCUT2D eigenvalue weighted by Crippen LogP contribution is 2.30. The number of alkyl halides is 3. The molecule has 1 aromatic heterocycles. The zero-order chi connectivity index (χ0) is 17.2. The van der Waals surface area contributed by atoms with Crippen LogP contribution in [0.2, 0.25) is 0 Å². The Morgan fingerprint density at radius 1 is 1.50 bits per heavy atom. The van der Waals surface area contributed by atoms with Crippen molar-refractivity contribution in [1.29, 1.82) is 0 Å². The second-order valence-corrected chi connectivity index (χ2v) is 6.14. The normalized spacial score (nSPS) is 18.5. The van der Waals surface area contributed by atoms with Gasteiger partial charge in [-0.05, 0) is 18.2 Å². The summed E-state index contributed by atoms with van der Waals surface area (Å²) in [5.74, 6) is -0.212. The number of ether oxygens (including phenoxy) is 2. The number of nitrogens with zero attached hydrogens (tertiary/aromatic N) is 1. The predicted molar refractivity (Wildman–Crippen MR) is 82.4 cm³/mol. The van der Waals surface area contributed by atoms with Crippen LogP contribution in [0.5, 0.6) is 5.75 Å². The first kappa shape index (κ1) is 16.9. The quantitative estimate of drug-likeness (QED) is 0.873. The summed E-state index contributed by atoms with van der Waals surface area (Å²) in [5.41, 5.74) is 0.567. The fourth-order valence-electron chi connectivity index (χ4n) is 2.13. The van der Waals surface area contributed by atoms with Crippen molar-refractivity contribution in [2.24, 2.45) is 0 Å². The van der Waals surface area contributed by atoms with E-state index in [0.717, 1.165) is 11.3 Å². The van der Waals surface area contributed by atoms with Gasteiger partial charge in [0.25, 0.3) is 5.91 Å². The van der Waals surface area contributed by atoms with E-state index in [0.29, 0.717) is 35.0 Å². The zero-order valence-electron chi connectivity index (χ0n) is 12.4. The Hall–Kier alpha value is -1.91. The van der Waals surface area contributed by atoms with Gasteiger partial charge in [-0.15, -0.1) is 0 Å². The predicted octanol–water partition coefficient (Wildman–Crippen LogP) is 2.16. The van der Waals surface area contributed by atoms with Gasteiger partial charge in [-0.25, -0.2) is 4.98 Å². The third-order valence-corrected chi connectivity index (χ3v) is 4.15. The van der Waals surface area contributed by atoms with E-state index in [1.807, 2.05) is 0 Å². The average Bonchev–Trinajstić information content (AvgIpc) is 2.94. The Bertz CT molecular complexity index is 729. The third-order valence-electron chi connectivity index (χ3n) is 3.21. The molecule has 10 heteroatoms. The molecule has 1 amide bonds. The molecule has 2 heterocycles. The van der Waals surface area contributed by atoms with Crippen LogP contribution in [0.1, 0.15) is 0 Å². The number of carbonyl (C=O) groups excluding carboxylic acids is 1. The summed E-state index contributed by atoms with van der Waals surface area (Å²) in [7, 11) is 0. The molecule has 2 N–H and O–H groups in total. The molecule has 1 saturated heterocycles. The smallest absolute Gasteiger partial charge is 0.422 e. The van der Waals surface area contributed by atoms with Gasteiger partial charge in [-0.3, -0.25) is 10.1 Å². The first-order chi connectivity index (χ1) is 11.4. The summed E-state index contributed by atoms with van der Waals surface area (Å²) in [6.45, 7) is 0.225. The van der Waals surface area contributed by atoms with Crippen molar-refractivity contribution in [2.45, 2.75) is 12.3 Å². The van der Waals surface area contributed by atoms with Gasteiger partial charge in [0.2, 0.25) is 0 Å². The number of nitrogens with one attached hydrogen (secondary N) is 2. The maximum atomic E-state index is 12.2. The Kier molecular flexibility index (Phi) is 4.88. The first-order valence-corrected chi connectivity index (χ1v) is 7.96. The van der Waals surface area contributed by atoms with E-state index in [1.165, 1.54) is 12.1 Å². The van der Waals surface area contributed by atoms with Crippen LogP contribution < -0.4 is 15.4 Å². The number of anilines is 1. The Labute approximate surface area is 139 Å². The van der Waals surface area contributed by atoms with Gasteiger partial charge in [0.1, 0.15) is 11.9 Å². The van der Waals surface area contributed by atoms with E-state index in [2.05, 4.69) is 15.6 Å². The molecule has 1 unspecified atom stereocenters. The van der Waals surface area contributed by atoms with Crippen LogP contribution >= 0.6 is 11.3 Å². The molecule has 1 aliphatic heterocycles. The molecule has 1 atom stereocenters. The standard InChI is InChI=1S/C14H14F3N3O3S/c15-14(16,17)7-23-8-1-2-9-11(5-8)24-13(19-9)20-12(21)10-6-18-3-4-22-10/h1-2,5,10,18H,3-4,6-7H2,(H,19,20,21). The number of thiazole rings is 1. The minimum absolute atomic E-state index is 0.0983. The van der Waals surface area contributed by atoms with Crippen molar-refractivity contribution in [3.05, 3.63) is 18.2 Å². The number of aromatic nitrogens is 1. The molecule has 0 aliphatic carbocycles. The number of morpholine rings is 1. The summed E-state index contributed by atoms with van der Waals surface area (Å²) in [6.07, 6.45) is -4.98. The Morgan fingerprint density at radius 2 is 2.33 bits per heavy atom. The van der Waals surface area contributed by atoms with Crippen LogP contribution in [0.3, 0.4) is 0 Å². The molecule has 24 heavy (non-hydrogen) atoms. The summed E-state index contributed by atoms with van der Waals surface area (Å²) < 4.78 is 47.2. The Balaban J connectivity index is 1.68. The van der Waals surface area contributed by atoms with E-state index in [4.69, 9.17) is 9.47 Å². The van der Waals surface area contributed by atoms with Gasteiger partial charge >= 0.3 is 6.18 Å². The number of benzene rings is 1. The van der Waals surface area contributed by atoms with Crippen LogP contribution in [0, 0.1) is 0 Å². The molecule has 1 aromatic carbocycles. The summed E-state index contributed by atoms with van der Waals surface area (Å²) >= 11 is 1.16. The minimum Gasteiger partial charge on any atom is -0.484 e. The summed E-state index contributed by atoms with van der Waals surface area (Å²) in [5, 5.41) is 6.07. The highest BCUT2D eigenvalue weighted by Gasteiger charge is 2.28. The van der Waals surface area contributed by atoms with Crippen molar-refractivity contribution < 1.29 is 27.4 Å². The largest absolute Gasteiger partial charge is 0.484 e. The molecular weight excluding hydrogens is 347 g/mol. The SMILES string of the molecule is O=C(Nc1nc2ccc(OCC(F)(F)F)cc2s1)C1CNCCO1. The van der Waals surface area contributed by atoms with Gasteiger partial charge in [0.05, 0.1) is 16.8 Å². The van der Waals surface area contributed by atoms with E-state index >= 15 is 0 Å². The average molecular weight is 361 g/mol. The van der Waals surface area contributed by atoms with Crippen molar-refractivity contribution in [3.63, 3.8) is 0 Å². The van der Waals surface area contributed by atoms with Crippen LogP contribution in [0.4, 0.5) is 18.3 Å². The molecule has 0 bridgehead atoms. The molecule has 1 fully saturated rings. The number of carbonyl (C=O) groups is 1. The second-order valence-electron chi connectivity index (χ2n) is 5.11. The van der Waals surface area contributed by atoms with Gasteiger partial charge in [0.15, 0.2) is 11.7 Å². The van der Waals surface area contributed by atoms with Crippen molar-refractivity contribution >= 4 is 32.6 Å². The molecular formula is C14H14F3N3O3S. The molecule has 3 rings (SSSR count). The highest BCUT2D eigenvalue weighted by molar-refractivity contribution is 7.22. The van der Waals surface area contributed by atoms with Crippen LogP contribution in [-0.2, 0) is 9.53 Å². The number of amides is 1. The van der Waals surface area contributed by atoms with Crippen LogP contribution in [-0.4, -0.2) is 49.5 Å². The summed E-state index contributed by atoms with van der Waals surface area (Å²) in [6, 6.07) is 4.42. The van der Waals surface area contributed by atoms with E-state index in [-0.39, 0.29) is 11.7 Å². The van der Waals surface area contributed by atoms with E-state index in [1.54, 1.807) is 6.07 Å². The van der Waals surface area contributed by atoms with E-state index < -0.39 is 18.9 Å².